The second kappa shape index (κ2) is 1.99. The van der Waals surface area contributed by atoms with E-state index in [2.05, 4.69) is 11.1 Å². The minimum atomic E-state index is 1.08. The van der Waals surface area contributed by atoms with Gasteiger partial charge in [-0.1, -0.05) is 11.5 Å². The maximum Gasteiger partial charge on any atom is 0.141 e. The number of aryl methyl sites for hydroxylation is 1. The average Bonchev–Trinajstić information content (AvgIpc) is 1.77. The molecule has 0 aliphatic carbocycles. The third kappa shape index (κ3) is 1.09. The van der Waals surface area contributed by atoms with E-state index >= 15 is 0 Å². The van der Waals surface area contributed by atoms with Crippen molar-refractivity contribution in [2.75, 3.05) is 0 Å². The fraction of sp³-hybridized carbons (Fsp3) is 0.167. The van der Waals surface area contributed by atoms with Crippen LogP contribution in [0.1, 0.15) is 5.69 Å². The molecule has 0 amide bonds. The highest BCUT2D eigenvalue weighted by molar-refractivity contribution is 6.31. The standard InChI is InChI=1S/C6H8BN/c1-5-2-3-6(7)4-8-5/h2-4H,7H2,1H3. The van der Waals surface area contributed by atoms with Crippen LogP contribution in [0.3, 0.4) is 0 Å². The van der Waals surface area contributed by atoms with Gasteiger partial charge in [-0.3, -0.25) is 4.98 Å². The van der Waals surface area contributed by atoms with Crippen molar-refractivity contribution in [3.63, 3.8) is 0 Å². The predicted octanol–water partition coefficient (Wildman–Crippen LogP) is -0.352. The number of hydrogen-bond donors (Lipinski definition) is 0. The molecule has 1 aromatic heterocycles. The molecule has 2 heteroatoms. The van der Waals surface area contributed by atoms with Gasteiger partial charge in [0.15, 0.2) is 0 Å². The van der Waals surface area contributed by atoms with Crippen molar-refractivity contribution < 1.29 is 0 Å². The summed E-state index contributed by atoms with van der Waals surface area (Å²) in [4.78, 5) is 4.08. The Kier molecular flexibility index (Phi) is 1.33. The van der Waals surface area contributed by atoms with E-state index in [1.165, 1.54) is 5.46 Å². The van der Waals surface area contributed by atoms with Crippen molar-refractivity contribution in [3.8, 4) is 0 Å². The summed E-state index contributed by atoms with van der Waals surface area (Å²) in [5.41, 5.74) is 2.30. The van der Waals surface area contributed by atoms with Crippen molar-refractivity contribution in [3.05, 3.63) is 24.0 Å². The minimum Gasteiger partial charge on any atom is -0.262 e. The van der Waals surface area contributed by atoms with Crippen LogP contribution in [-0.2, 0) is 0 Å². The van der Waals surface area contributed by atoms with Crippen LogP contribution in [0.4, 0.5) is 0 Å². The molecule has 0 aromatic carbocycles. The molecular weight excluding hydrogens is 96.9 g/mol. The van der Waals surface area contributed by atoms with Crippen LogP contribution in [0.15, 0.2) is 18.3 Å². The lowest BCUT2D eigenvalue weighted by molar-refractivity contribution is 1.21. The summed E-state index contributed by atoms with van der Waals surface area (Å²) in [5, 5.41) is 0. The Morgan fingerprint density at radius 1 is 1.50 bits per heavy atom. The van der Waals surface area contributed by atoms with Gasteiger partial charge in [0.1, 0.15) is 7.85 Å². The van der Waals surface area contributed by atoms with Crippen molar-refractivity contribution in [1.29, 1.82) is 0 Å². The largest absolute Gasteiger partial charge is 0.262 e. The molecule has 1 nitrogen and oxygen atoms in total. The quantitative estimate of drug-likeness (QED) is 0.411. The molecule has 8 heavy (non-hydrogen) atoms. The molecule has 0 N–H and O–H groups in total. The number of hydrogen-bond acceptors (Lipinski definition) is 1. The Morgan fingerprint density at radius 3 is 2.62 bits per heavy atom. The van der Waals surface area contributed by atoms with E-state index in [1.54, 1.807) is 0 Å². The van der Waals surface area contributed by atoms with Gasteiger partial charge in [0.25, 0.3) is 0 Å². The smallest absolute Gasteiger partial charge is 0.141 e. The summed E-state index contributed by atoms with van der Waals surface area (Å²) in [6.45, 7) is 1.99. The third-order valence-electron chi connectivity index (χ3n) is 1.06. The Hall–Kier alpha value is -0.785. The molecule has 0 unspecified atom stereocenters. The lowest BCUT2D eigenvalue weighted by atomic mass is 9.99. The molecule has 0 spiro atoms. The zero-order valence-corrected chi connectivity index (χ0v) is 5.18. The fourth-order valence-corrected chi connectivity index (χ4v) is 0.542. The van der Waals surface area contributed by atoms with Crippen LogP contribution in [-0.4, -0.2) is 12.8 Å². The van der Waals surface area contributed by atoms with Gasteiger partial charge in [0, 0.05) is 11.9 Å². The summed E-state index contributed by atoms with van der Waals surface area (Å²) < 4.78 is 0. The van der Waals surface area contributed by atoms with Crippen LogP contribution in [0, 0.1) is 6.92 Å². The SMILES string of the molecule is Bc1ccc(C)nc1. The molecule has 0 radical (unpaired) electrons. The summed E-state index contributed by atoms with van der Waals surface area (Å²) in [6.07, 6.45) is 1.87. The van der Waals surface area contributed by atoms with Crippen LogP contribution in [0.2, 0.25) is 0 Å². The summed E-state index contributed by atoms with van der Waals surface area (Å²) in [5.74, 6) is 0. The van der Waals surface area contributed by atoms with Crippen molar-refractivity contribution in [2.45, 2.75) is 6.92 Å². The zero-order valence-electron chi connectivity index (χ0n) is 5.18. The molecule has 0 aliphatic heterocycles. The molecule has 0 atom stereocenters. The van der Waals surface area contributed by atoms with E-state index in [0.717, 1.165) is 5.69 Å². The van der Waals surface area contributed by atoms with E-state index < -0.39 is 0 Å². The van der Waals surface area contributed by atoms with Gasteiger partial charge in [-0.15, -0.1) is 0 Å². The van der Waals surface area contributed by atoms with Crippen LogP contribution >= 0.6 is 0 Å². The van der Waals surface area contributed by atoms with Crippen molar-refractivity contribution in [2.24, 2.45) is 0 Å². The second-order valence-corrected chi connectivity index (χ2v) is 1.98. The normalized spacial score (nSPS) is 9.12. The Morgan fingerprint density at radius 2 is 2.25 bits per heavy atom. The van der Waals surface area contributed by atoms with Gasteiger partial charge < -0.3 is 0 Å². The first-order chi connectivity index (χ1) is 3.79. The van der Waals surface area contributed by atoms with Crippen molar-refractivity contribution in [1.82, 2.24) is 4.98 Å². The predicted molar refractivity (Wildman–Crippen MR) is 37.2 cm³/mol. The Balaban J connectivity index is 3.03. The number of pyridine rings is 1. The van der Waals surface area contributed by atoms with E-state index in [9.17, 15) is 0 Å². The summed E-state index contributed by atoms with van der Waals surface area (Å²) in [6, 6.07) is 4.07. The average molecular weight is 105 g/mol. The first kappa shape index (κ1) is 5.35. The van der Waals surface area contributed by atoms with E-state index in [-0.39, 0.29) is 0 Å². The zero-order chi connectivity index (χ0) is 5.98. The minimum absolute atomic E-state index is 1.08. The molecule has 0 saturated heterocycles. The van der Waals surface area contributed by atoms with Gasteiger partial charge in [0.05, 0.1) is 0 Å². The first-order valence-corrected chi connectivity index (χ1v) is 2.68. The topological polar surface area (TPSA) is 12.9 Å². The van der Waals surface area contributed by atoms with Gasteiger partial charge in [-0.05, 0) is 13.0 Å². The lowest BCUT2D eigenvalue weighted by Gasteiger charge is -1.89. The molecule has 1 aromatic rings. The number of rotatable bonds is 0. The van der Waals surface area contributed by atoms with Crippen molar-refractivity contribution >= 4 is 13.3 Å². The monoisotopic (exact) mass is 105 g/mol. The molecule has 0 bridgehead atoms. The summed E-state index contributed by atoms with van der Waals surface area (Å²) in [7, 11) is 2.03. The van der Waals surface area contributed by atoms with E-state index in [0.29, 0.717) is 0 Å². The van der Waals surface area contributed by atoms with Crippen LogP contribution in [0.5, 0.6) is 0 Å². The number of aromatic nitrogens is 1. The molecule has 1 heterocycles. The summed E-state index contributed by atoms with van der Waals surface area (Å²) >= 11 is 0. The highest BCUT2D eigenvalue weighted by Crippen LogP contribution is 1.83. The van der Waals surface area contributed by atoms with E-state index in [1.807, 2.05) is 27.0 Å². The van der Waals surface area contributed by atoms with Gasteiger partial charge >= 0.3 is 0 Å². The lowest BCUT2D eigenvalue weighted by Crippen LogP contribution is -2.01. The molecule has 40 valence electrons. The second-order valence-electron chi connectivity index (χ2n) is 1.98. The molecule has 0 saturated carbocycles. The van der Waals surface area contributed by atoms with E-state index in [4.69, 9.17) is 0 Å². The van der Waals surface area contributed by atoms with Crippen LogP contribution < -0.4 is 5.46 Å². The molecule has 0 fully saturated rings. The molecule has 1 rings (SSSR count). The van der Waals surface area contributed by atoms with Gasteiger partial charge in [0.2, 0.25) is 0 Å². The third-order valence-corrected chi connectivity index (χ3v) is 1.06. The molecular formula is C6H8BN. The van der Waals surface area contributed by atoms with Gasteiger partial charge in [-0.2, -0.15) is 0 Å². The highest BCUT2D eigenvalue weighted by atomic mass is 14.6. The first-order valence-electron chi connectivity index (χ1n) is 2.68. The Bertz CT molecular complexity index is 147. The van der Waals surface area contributed by atoms with Gasteiger partial charge in [-0.25, -0.2) is 0 Å². The number of nitrogens with zero attached hydrogens (tertiary/aromatic N) is 1. The maximum absolute atomic E-state index is 4.08. The maximum atomic E-state index is 4.08. The Labute approximate surface area is 50.2 Å². The highest BCUT2D eigenvalue weighted by Gasteiger charge is 1.81. The molecule has 0 aliphatic rings. The fourth-order valence-electron chi connectivity index (χ4n) is 0.542. The van der Waals surface area contributed by atoms with Crippen LogP contribution in [0.25, 0.3) is 0 Å².